The van der Waals surface area contributed by atoms with E-state index in [0.717, 1.165) is 29.3 Å². The molecule has 20 heavy (non-hydrogen) atoms. The zero-order chi connectivity index (χ0) is 14.1. The number of nitrogens with zero attached hydrogens (tertiary/aromatic N) is 3. The van der Waals surface area contributed by atoms with Crippen LogP contribution in [0, 0.1) is 6.92 Å². The molecule has 0 saturated carbocycles. The number of aromatic nitrogens is 3. The first-order chi connectivity index (χ1) is 9.66. The van der Waals surface area contributed by atoms with Crippen LogP contribution in [0.3, 0.4) is 0 Å². The van der Waals surface area contributed by atoms with Crippen LogP contribution in [0.1, 0.15) is 28.7 Å². The van der Waals surface area contributed by atoms with Crippen molar-refractivity contribution in [2.45, 2.75) is 32.2 Å². The highest BCUT2D eigenvalue weighted by Gasteiger charge is 2.16. The first-order valence-electron chi connectivity index (χ1n) is 6.65. The van der Waals surface area contributed by atoms with Gasteiger partial charge in [0.05, 0.1) is 21.4 Å². The van der Waals surface area contributed by atoms with E-state index in [4.69, 9.17) is 11.6 Å². The maximum absolute atomic E-state index is 6.30. The fourth-order valence-corrected chi connectivity index (χ4v) is 3.27. The number of hydrogen-bond donors (Lipinski definition) is 0. The Morgan fingerprint density at radius 3 is 2.95 bits per heavy atom. The Morgan fingerprint density at radius 2 is 2.25 bits per heavy atom. The Balaban J connectivity index is 2.04. The molecule has 0 saturated heterocycles. The molecule has 1 unspecified atom stereocenters. The number of aryl methyl sites for hydroxylation is 3. The molecule has 0 aliphatic carbocycles. The molecule has 0 aliphatic heterocycles. The Kier molecular flexibility index (Phi) is 3.76. The number of fused-ring (bicyclic) bond motifs is 1. The van der Waals surface area contributed by atoms with E-state index in [1.807, 2.05) is 30.6 Å². The summed E-state index contributed by atoms with van der Waals surface area (Å²) >= 11 is 7.99. The minimum Gasteiger partial charge on any atom is -0.326 e. The van der Waals surface area contributed by atoms with Crippen LogP contribution in [0.5, 0.6) is 0 Å². The summed E-state index contributed by atoms with van der Waals surface area (Å²) in [6.07, 6.45) is 2.76. The van der Waals surface area contributed by atoms with E-state index in [-0.39, 0.29) is 5.38 Å². The molecule has 5 heteroatoms. The number of para-hydroxylation sites is 1. The van der Waals surface area contributed by atoms with Gasteiger partial charge in [0.25, 0.3) is 0 Å². The summed E-state index contributed by atoms with van der Waals surface area (Å²) in [7, 11) is 0. The van der Waals surface area contributed by atoms with Gasteiger partial charge in [-0.15, -0.1) is 22.9 Å². The molecule has 0 bridgehead atoms. The number of halogens is 1. The first-order valence-corrected chi connectivity index (χ1v) is 7.96. The monoisotopic (exact) mass is 305 g/mol. The molecule has 0 N–H and O–H groups in total. The highest BCUT2D eigenvalue weighted by Crippen LogP contribution is 2.27. The van der Waals surface area contributed by atoms with E-state index in [1.54, 1.807) is 11.3 Å². The lowest BCUT2D eigenvalue weighted by Gasteiger charge is -2.10. The van der Waals surface area contributed by atoms with Crippen LogP contribution in [-0.4, -0.2) is 14.5 Å². The van der Waals surface area contributed by atoms with Crippen molar-refractivity contribution in [3.05, 3.63) is 46.2 Å². The number of benzene rings is 1. The smallest absolute Gasteiger partial charge is 0.127 e. The van der Waals surface area contributed by atoms with E-state index in [1.165, 1.54) is 11.1 Å². The van der Waals surface area contributed by atoms with Crippen LogP contribution in [-0.2, 0) is 13.0 Å². The number of alkyl halides is 1. The maximum atomic E-state index is 6.30. The lowest BCUT2D eigenvalue weighted by molar-refractivity contribution is 0.665. The van der Waals surface area contributed by atoms with E-state index < -0.39 is 0 Å². The van der Waals surface area contributed by atoms with Crippen molar-refractivity contribution in [2.75, 3.05) is 0 Å². The van der Waals surface area contributed by atoms with Crippen molar-refractivity contribution in [3.8, 4) is 0 Å². The number of imidazole rings is 1. The Hall–Kier alpha value is -1.39. The average molecular weight is 306 g/mol. The van der Waals surface area contributed by atoms with Crippen LogP contribution in [0.15, 0.2) is 29.8 Å². The molecule has 0 amide bonds. The second-order valence-corrected chi connectivity index (χ2v) is 6.49. The summed E-state index contributed by atoms with van der Waals surface area (Å²) in [5.74, 6) is 0.938. The van der Waals surface area contributed by atoms with Crippen molar-refractivity contribution in [1.82, 2.24) is 14.5 Å². The highest BCUT2D eigenvalue weighted by molar-refractivity contribution is 7.09. The second-order valence-electron chi connectivity index (χ2n) is 4.86. The van der Waals surface area contributed by atoms with Crippen molar-refractivity contribution in [3.63, 3.8) is 0 Å². The molecule has 3 nitrogen and oxygen atoms in total. The first kappa shape index (κ1) is 13.6. The van der Waals surface area contributed by atoms with Crippen molar-refractivity contribution < 1.29 is 0 Å². The summed E-state index contributed by atoms with van der Waals surface area (Å²) in [5.41, 5.74) is 3.44. The van der Waals surface area contributed by atoms with Crippen molar-refractivity contribution in [1.29, 1.82) is 0 Å². The molecule has 104 valence electrons. The molecule has 2 heterocycles. The standard InChI is InChI=1S/C15H16ClN3S/c1-10-4-3-5-12-14(10)19(15(18-12)11(2)16)8-6-13-17-7-9-20-13/h3-5,7,9,11H,6,8H2,1-2H3. The van der Waals surface area contributed by atoms with Crippen LogP contribution >= 0.6 is 22.9 Å². The van der Waals surface area contributed by atoms with Gasteiger partial charge >= 0.3 is 0 Å². The SMILES string of the molecule is Cc1cccc2nc(C(C)Cl)n(CCc3nccs3)c12. The molecule has 1 aromatic carbocycles. The second kappa shape index (κ2) is 5.54. The number of thiazole rings is 1. The van der Waals surface area contributed by atoms with Gasteiger partial charge in [-0.1, -0.05) is 12.1 Å². The van der Waals surface area contributed by atoms with E-state index >= 15 is 0 Å². The molecule has 0 spiro atoms. The van der Waals surface area contributed by atoms with Gasteiger partial charge < -0.3 is 4.57 Å². The van der Waals surface area contributed by atoms with Gasteiger partial charge in [-0.25, -0.2) is 9.97 Å². The summed E-state index contributed by atoms with van der Waals surface area (Å²) in [6, 6.07) is 6.20. The maximum Gasteiger partial charge on any atom is 0.127 e. The van der Waals surface area contributed by atoms with E-state index in [9.17, 15) is 0 Å². The molecular weight excluding hydrogens is 290 g/mol. The lowest BCUT2D eigenvalue weighted by atomic mass is 10.2. The topological polar surface area (TPSA) is 30.7 Å². The van der Waals surface area contributed by atoms with E-state index in [2.05, 4.69) is 27.5 Å². The number of rotatable bonds is 4. The van der Waals surface area contributed by atoms with Gasteiger partial charge in [-0.05, 0) is 25.5 Å². The normalized spacial score (nSPS) is 12.9. The van der Waals surface area contributed by atoms with Crippen LogP contribution in [0.2, 0.25) is 0 Å². The predicted octanol–water partition coefficient (Wildman–Crippen LogP) is 4.34. The summed E-state index contributed by atoms with van der Waals surface area (Å²) < 4.78 is 2.24. The minimum absolute atomic E-state index is 0.0990. The van der Waals surface area contributed by atoms with Crippen molar-refractivity contribution >= 4 is 34.0 Å². The zero-order valence-electron chi connectivity index (χ0n) is 11.5. The molecule has 1 atom stereocenters. The number of hydrogen-bond acceptors (Lipinski definition) is 3. The van der Waals surface area contributed by atoms with Gasteiger partial charge in [-0.2, -0.15) is 0 Å². The Labute approximate surface area is 127 Å². The molecular formula is C15H16ClN3S. The van der Waals surface area contributed by atoms with Crippen LogP contribution < -0.4 is 0 Å². The molecule has 2 aromatic heterocycles. The molecule has 3 rings (SSSR count). The largest absolute Gasteiger partial charge is 0.326 e. The summed E-state index contributed by atoms with van der Waals surface area (Å²) in [6.45, 7) is 4.95. The fourth-order valence-electron chi connectivity index (χ4n) is 2.50. The third-order valence-corrected chi connectivity index (χ3v) is 4.42. The summed E-state index contributed by atoms with van der Waals surface area (Å²) in [5, 5.41) is 3.06. The van der Waals surface area contributed by atoms with Gasteiger partial charge in [-0.3, -0.25) is 0 Å². The molecule has 0 aliphatic rings. The Bertz CT molecular complexity index is 716. The molecule has 3 aromatic rings. The van der Waals surface area contributed by atoms with Gasteiger partial charge in [0.15, 0.2) is 0 Å². The molecule has 0 radical (unpaired) electrons. The van der Waals surface area contributed by atoms with Gasteiger partial charge in [0, 0.05) is 24.5 Å². The van der Waals surface area contributed by atoms with Crippen LogP contribution in [0.4, 0.5) is 0 Å². The highest BCUT2D eigenvalue weighted by atomic mass is 35.5. The fraction of sp³-hybridized carbons (Fsp3) is 0.333. The van der Waals surface area contributed by atoms with Crippen molar-refractivity contribution in [2.24, 2.45) is 0 Å². The van der Waals surface area contributed by atoms with E-state index in [0.29, 0.717) is 0 Å². The zero-order valence-corrected chi connectivity index (χ0v) is 13.1. The minimum atomic E-state index is -0.0990. The third-order valence-electron chi connectivity index (χ3n) is 3.39. The lowest BCUT2D eigenvalue weighted by Crippen LogP contribution is -2.07. The average Bonchev–Trinajstić information content (AvgIpc) is 3.03. The summed E-state index contributed by atoms with van der Waals surface area (Å²) in [4.78, 5) is 9.03. The van der Waals surface area contributed by atoms with Gasteiger partial charge in [0.2, 0.25) is 0 Å². The van der Waals surface area contributed by atoms with Crippen LogP contribution in [0.25, 0.3) is 11.0 Å². The third kappa shape index (κ3) is 2.45. The van der Waals surface area contributed by atoms with Gasteiger partial charge in [0.1, 0.15) is 5.82 Å². The quantitative estimate of drug-likeness (QED) is 0.671. The Morgan fingerprint density at radius 1 is 1.40 bits per heavy atom. The molecule has 0 fully saturated rings. The predicted molar refractivity (Wildman–Crippen MR) is 84.6 cm³/mol.